The maximum Gasteiger partial charge on any atom is 0.573 e. The van der Waals surface area contributed by atoms with Gasteiger partial charge in [-0.3, -0.25) is 29.9 Å². The molecular formula is C22H19F3N6O6S. The van der Waals surface area contributed by atoms with Crippen molar-refractivity contribution in [2.45, 2.75) is 6.36 Å². The first-order chi connectivity index (χ1) is 18.1. The fourth-order valence-corrected chi connectivity index (χ4v) is 4.16. The highest BCUT2D eigenvalue weighted by Gasteiger charge is 2.32. The molecule has 4 rings (SSSR count). The van der Waals surface area contributed by atoms with Crippen molar-refractivity contribution in [3.05, 3.63) is 58.1 Å². The summed E-state index contributed by atoms with van der Waals surface area (Å²) in [6.07, 6.45) is -5.02. The first-order valence-corrected chi connectivity index (χ1v) is 11.8. The number of carbonyl (C=O) groups is 2. The number of carbonyl (C=O) groups excluding carboxylic acids is 2. The van der Waals surface area contributed by atoms with Crippen LogP contribution in [0.2, 0.25) is 0 Å². The van der Waals surface area contributed by atoms with E-state index in [2.05, 4.69) is 25.6 Å². The number of nitro benzene ring substituents is 1. The second-order valence-electron chi connectivity index (χ2n) is 7.87. The van der Waals surface area contributed by atoms with Gasteiger partial charge in [0.2, 0.25) is 11.0 Å². The van der Waals surface area contributed by atoms with E-state index in [-0.39, 0.29) is 28.6 Å². The van der Waals surface area contributed by atoms with Gasteiger partial charge in [-0.05, 0) is 30.3 Å². The van der Waals surface area contributed by atoms with E-state index >= 15 is 0 Å². The van der Waals surface area contributed by atoms with E-state index in [0.717, 1.165) is 29.5 Å². The Morgan fingerprint density at radius 3 is 2.47 bits per heavy atom. The van der Waals surface area contributed by atoms with Crippen molar-refractivity contribution in [3.8, 4) is 16.3 Å². The van der Waals surface area contributed by atoms with Crippen LogP contribution in [0.15, 0.2) is 42.5 Å². The number of benzene rings is 2. The van der Waals surface area contributed by atoms with Crippen LogP contribution in [0.5, 0.6) is 5.75 Å². The molecule has 1 aliphatic heterocycles. The van der Waals surface area contributed by atoms with Crippen LogP contribution in [0.3, 0.4) is 0 Å². The topological polar surface area (TPSA) is 149 Å². The molecule has 38 heavy (non-hydrogen) atoms. The minimum absolute atomic E-state index is 0.0757. The number of aromatic nitrogens is 2. The first-order valence-electron chi connectivity index (χ1n) is 11.0. The van der Waals surface area contributed by atoms with Crippen LogP contribution in [0.25, 0.3) is 10.6 Å². The number of non-ortho nitro benzene ring substituents is 1. The lowest BCUT2D eigenvalue weighted by Gasteiger charge is -2.26. The average molecular weight is 552 g/mol. The quantitative estimate of drug-likeness (QED) is 0.316. The second-order valence-corrected chi connectivity index (χ2v) is 8.84. The monoisotopic (exact) mass is 552 g/mol. The van der Waals surface area contributed by atoms with E-state index in [1.54, 1.807) is 4.90 Å². The zero-order valence-corrected chi connectivity index (χ0v) is 20.2. The third-order valence-electron chi connectivity index (χ3n) is 5.18. The molecule has 0 unspecified atom stereocenters. The maximum absolute atomic E-state index is 12.9. The van der Waals surface area contributed by atoms with E-state index in [4.69, 9.17) is 4.74 Å². The number of rotatable bonds is 8. The molecule has 0 spiro atoms. The molecule has 16 heteroatoms. The van der Waals surface area contributed by atoms with Gasteiger partial charge in [-0.1, -0.05) is 11.3 Å². The molecule has 2 aromatic carbocycles. The molecule has 2 amide bonds. The molecule has 3 aromatic rings. The molecule has 0 atom stereocenters. The maximum atomic E-state index is 12.9. The molecule has 200 valence electrons. The number of halogens is 3. The van der Waals surface area contributed by atoms with Crippen molar-refractivity contribution in [2.24, 2.45) is 0 Å². The molecule has 1 aliphatic rings. The highest BCUT2D eigenvalue weighted by Crippen LogP contribution is 2.32. The molecule has 0 radical (unpaired) electrons. The molecule has 1 fully saturated rings. The number of nitrogens with one attached hydrogen (secondary N) is 2. The van der Waals surface area contributed by atoms with Crippen molar-refractivity contribution >= 4 is 39.7 Å². The van der Waals surface area contributed by atoms with Crippen LogP contribution >= 0.6 is 11.3 Å². The van der Waals surface area contributed by atoms with Gasteiger partial charge < -0.3 is 14.8 Å². The molecule has 0 saturated carbocycles. The summed E-state index contributed by atoms with van der Waals surface area (Å²) in [5, 5.41) is 23.9. The summed E-state index contributed by atoms with van der Waals surface area (Å²) < 4.78 is 47.9. The number of anilines is 2. The number of morpholine rings is 1. The third kappa shape index (κ3) is 7.21. The summed E-state index contributed by atoms with van der Waals surface area (Å²) in [6.45, 7) is 1.77. The van der Waals surface area contributed by atoms with E-state index in [1.165, 1.54) is 24.3 Å². The Balaban J connectivity index is 1.48. The highest BCUT2D eigenvalue weighted by molar-refractivity contribution is 7.18. The second kappa shape index (κ2) is 11.5. The fraction of sp³-hybridized carbons (Fsp3) is 0.273. The summed E-state index contributed by atoms with van der Waals surface area (Å²) in [6, 6.07) is 8.65. The van der Waals surface area contributed by atoms with Crippen molar-refractivity contribution < 1.29 is 37.2 Å². The zero-order chi connectivity index (χ0) is 27.3. The average Bonchev–Trinajstić information content (AvgIpc) is 3.33. The lowest BCUT2D eigenvalue weighted by Crippen LogP contribution is -2.41. The predicted octanol–water partition coefficient (Wildman–Crippen LogP) is 3.53. The number of amides is 2. The minimum Gasteiger partial charge on any atom is -0.404 e. The van der Waals surface area contributed by atoms with Crippen molar-refractivity contribution in [1.82, 2.24) is 15.1 Å². The largest absolute Gasteiger partial charge is 0.573 e. The van der Waals surface area contributed by atoms with Gasteiger partial charge in [0.15, 0.2) is 5.75 Å². The molecule has 0 bridgehead atoms. The Labute approximate surface area is 216 Å². The number of ether oxygens (including phenoxy) is 2. The Kier molecular flexibility index (Phi) is 8.13. The summed E-state index contributed by atoms with van der Waals surface area (Å²) in [7, 11) is 0. The Morgan fingerprint density at radius 1 is 1.11 bits per heavy atom. The molecule has 2 heterocycles. The van der Waals surface area contributed by atoms with Crippen LogP contribution < -0.4 is 15.4 Å². The van der Waals surface area contributed by atoms with Gasteiger partial charge in [0.05, 0.1) is 30.4 Å². The molecule has 12 nitrogen and oxygen atoms in total. The Hall–Kier alpha value is -4.15. The third-order valence-corrected chi connectivity index (χ3v) is 6.07. The predicted molar refractivity (Wildman–Crippen MR) is 129 cm³/mol. The Morgan fingerprint density at radius 2 is 1.82 bits per heavy atom. The summed E-state index contributed by atoms with van der Waals surface area (Å²) in [5.41, 5.74) is 0.0236. The normalized spacial score (nSPS) is 14.1. The van der Waals surface area contributed by atoms with Crippen LogP contribution in [0, 0.1) is 10.1 Å². The van der Waals surface area contributed by atoms with Crippen molar-refractivity contribution in [3.63, 3.8) is 0 Å². The van der Waals surface area contributed by atoms with Crippen LogP contribution in [0.4, 0.5) is 29.7 Å². The van der Waals surface area contributed by atoms with Crippen LogP contribution in [0.1, 0.15) is 10.4 Å². The number of nitrogens with zero attached hydrogens (tertiary/aromatic N) is 4. The smallest absolute Gasteiger partial charge is 0.404 e. The molecule has 2 N–H and O–H groups in total. The van der Waals surface area contributed by atoms with Crippen LogP contribution in [-0.2, 0) is 9.53 Å². The minimum atomic E-state index is -5.02. The fourth-order valence-electron chi connectivity index (χ4n) is 3.42. The Bertz CT molecular complexity index is 1330. The van der Waals surface area contributed by atoms with E-state index in [0.29, 0.717) is 36.9 Å². The zero-order valence-electron chi connectivity index (χ0n) is 19.4. The summed E-state index contributed by atoms with van der Waals surface area (Å²) in [5.74, 6) is -1.99. The first kappa shape index (κ1) is 26.9. The summed E-state index contributed by atoms with van der Waals surface area (Å²) >= 11 is 0.986. The number of alkyl halides is 3. The van der Waals surface area contributed by atoms with Gasteiger partial charge in [-0.15, -0.1) is 23.4 Å². The van der Waals surface area contributed by atoms with Crippen LogP contribution in [-0.4, -0.2) is 71.0 Å². The van der Waals surface area contributed by atoms with E-state index < -0.39 is 28.8 Å². The highest BCUT2D eigenvalue weighted by atomic mass is 32.1. The van der Waals surface area contributed by atoms with Gasteiger partial charge in [-0.2, -0.15) is 0 Å². The standard InChI is InChI=1S/C22H19F3N6O6S/c23-22(24,25)37-17-6-3-14(11-16(17)26-18(32)12-30-7-9-36-10-8-30)19(33)27-21-29-28-20(38-21)13-1-4-15(5-2-13)31(34)35/h1-6,11H,7-10,12H2,(H,26,32)(H,27,29,33). The molecule has 1 aromatic heterocycles. The summed E-state index contributed by atoms with van der Waals surface area (Å²) in [4.78, 5) is 37.3. The number of hydrogen-bond donors (Lipinski definition) is 2. The van der Waals surface area contributed by atoms with Gasteiger partial charge in [0, 0.05) is 36.3 Å². The molecule has 1 saturated heterocycles. The van der Waals surface area contributed by atoms with Crippen molar-refractivity contribution in [1.29, 1.82) is 0 Å². The van der Waals surface area contributed by atoms with E-state index in [9.17, 15) is 32.9 Å². The van der Waals surface area contributed by atoms with Gasteiger partial charge >= 0.3 is 6.36 Å². The van der Waals surface area contributed by atoms with Gasteiger partial charge in [0.25, 0.3) is 11.6 Å². The number of hydrogen-bond acceptors (Lipinski definition) is 10. The van der Waals surface area contributed by atoms with Gasteiger partial charge in [-0.25, -0.2) is 0 Å². The van der Waals surface area contributed by atoms with Gasteiger partial charge in [0.1, 0.15) is 5.01 Å². The molecular weight excluding hydrogens is 533 g/mol. The van der Waals surface area contributed by atoms with Crippen molar-refractivity contribution in [2.75, 3.05) is 43.5 Å². The number of nitro groups is 1. The SMILES string of the molecule is O=C(CN1CCOCC1)Nc1cc(C(=O)Nc2nnc(-c3ccc([N+](=O)[O-])cc3)s2)ccc1OC(F)(F)F. The lowest BCUT2D eigenvalue weighted by molar-refractivity contribution is -0.384. The molecule has 0 aliphatic carbocycles. The lowest BCUT2D eigenvalue weighted by atomic mass is 10.1. The van der Waals surface area contributed by atoms with E-state index in [1.807, 2.05) is 0 Å².